The molecule has 10 nitrogen and oxygen atoms in total. The highest BCUT2D eigenvalue weighted by Crippen LogP contribution is 2.28. The quantitative estimate of drug-likeness (QED) is 0.329. The van der Waals surface area contributed by atoms with Gasteiger partial charge in [0.15, 0.2) is 18.1 Å². The Labute approximate surface area is 191 Å². The Hall–Kier alpha value is -4.08. The first kappa shape index (κ1) is 25.2. The van der Waals surface area contributed by atoms with Crippen LogP contribution in [0.2, 0.25) is 0 Å². The minimum Gasteiger partial charge on any atom is -0.490 e. The number of hydrazone groups is 1. The molecule has 33 heavy (non-hydrogen) atoms. The summed E-state index contributed by atoms with van der Waals surface area (Å²) in [5.41, 5.74) is 3.86. The average Bonchev–Trinajstić information content (AvgIpc) is 2.79. The number of aliphatic carboxylic acids is 1. The van der Waals surface area contributed by atoms with Gasteiger partial charge in [-0.2, -0.15) is 5.10 Å². The molecule has 0 fully saturated rings. The SMILES string of the molecule is CCOC(=O)N[C@@H](Cc1ccccc1)C(=O)N/N=C\c1ccc(OCC(=O)O)c(OCC)c1. The number of hydrogen-bond acceptors (Lipinski definition) is 7. The van der Waals surface area contributed by atoms with E-state index in [-0.39, 0.29) is 18.8 Å². The highest BCUT2D eigenvalue weighted by Gasteiger charge is 2.21. The fourth-order valence-corrected chi connectivity index (χ4v) is 2.75. The molecule has 0 saturated carbocycles. The number of carbonyl (C=O) groups excluding carboxylic acids is 2. The molecule has 3 N–H and O–H groups in total. The predicted molar refractivity (Wildman–Crippen MR) is 121 cm³/mol. The van der Waals surface area contributed by atoms with Gasteiger partial charge in [-0.05, 0) is 43.2 Å². The van der Waals surface area contributed by atoms with Gasteiger partial charge < -0.3 is 24.6 Å². The number of carboxylic acid groups (broad SMARTS) is 1. The van der Waals surface area contributed by atoms with Crippen molar-refractivity contribution in [2.24, 2.45) is 5.10 Å². The smallest absolute Gasteiger partial charge is 0.407 e. The molecule has 0 aromatic heterocycles. The van der Waals surface area contributed by atoms with Crippen LogP contribution in [0.4, 0.5) is 4.79 Å². The summed E-state index contributed by atoms with van der Waals surface area (Å²) in [6.07, 6.45) is 0.951. The third-order valence-corrected chi connectivity index (χ3v) is 4.17. The Morgan fingerprint density at radius 2 is 1.79 bits per heavy atom. The maximum absolute atomic E-state index is 12.7. The van der Waals surface area contributed by atoms with Crippen molar-refractivity contribution >= 4 is 24.2 Å². The zero-order valence-corrected chi connectivity index (χ0v) is 18.4. The number of carbonyl (C=O) groups is 3. The Bertz CT molecular complexity index is 964. The van der Waals surface area contributed by atoms with Gasteiger partial charge in [-0.3, -0.25) is 4.79 Å². The van der Waals surface area contributed by atoms with Gasteiger partial charge in [0.05, 0.1) is 19.4 Å². The Morgan fingerprint density at radius 1 is 1.03 bits per heavy atom. The monoisotopic (exact) mass is 457 g/mol. The van der Waals surface area contributed by atoms with Gasteiger partial charge in [-0.1, -0.05) is 30.3 Å². The largest absolute Gasteiger partial charge is 0.490 e. The summed E-state index contributed by atoms with van der Waals surface area (Å²) in [6.45, 7) is 3.48. The number of nitrogens with zero attached hydrogens (tertiary/aromatic N) is 1. The Morgan fingerprint density at radius 3 is 2.45 bits per heavy atom. The van der Waals surface area contributed by atoms with E-state index in [1.807, 2.05) is 30.3 Å². The zero-order chi connectivity index (χ0) is 24.1. The fraction of sp³-hybridized carbons (Fsp3) is 0.304. The number of ether oxygens (including phenoxy) is 3. The molecule has 0 bridgehead atoms. The molecule has 176 valence electrons. The number of alkyl carbamates (subject to hydrolysis) is 1. The normalized spacial score (nSPS) is 11.5. The van der Waals surface area contributed by atoms with E-state index in [4.69, 9.17) is 19.3 Å². The molecule has 0 unspecified atom stereocenters. The summed E-state index contributed by atoms with van der Waals surface area (Å²) < 4.78 is 15.6. The average molecular weight is 457 g/mol. The molecule has 0 aliphatic heterocycles. The molecule has 0 aliphatic carbocycles. The van der Waals surface area contributed by atoms with Gasteiger partial charge >= 0.3 is 12.1 Å². The standard InChI is InChI=1S/C23H27N3O7/c1-3-31-20-13-17(10-11-19(20)33-15-21(27)28)14-24-26-22(29)18(25-23(30)32-4-2)12-16-8-6-5-7-9-16/h5-11,13-14,18H,3-4,12,15H2,1-2H3,(H,25,30)(H,26,29)(H,27,28)/b24-14-/t18-/m0/s1. The molecule has 2 rings (SSSR count). The molecule has 2 aromatic carbocycles. The first-order valence-corrected chi connectivity index (χ1v) is 10.3. The van der Waals surface area contributed by atoms with Crippen LogP contribution in [0.1, 0.15) is 25.0 Å². The zero-order valence-electron chi connectivity index (χ0n) is 18.4. The van der Waals surface area contributed by atoms with Gasteiger partial charge in [0, 0.05) is 6.42 Å². The number of nitrogens with one attached hydrogen (secondary N) is 2. The van der Waals surface area contributed by atoms with Crippen LogP contribution in [0.15, 0.2) is 53.6 Å². The van der Waals surface area contributed by atoms with Crippen LogP contribution in [-0.4, -0.2) is 55.2 Å². The van der Waals surface area contributed by atoms with Crippen LogP contribution in [-0.2, 0) is 20.7 Å². The summed E-state index contributed by atoms with van der Waals surface area (Å²) in [6, 6.07) is 13.1. The maximum atomic E-state index is 12.7. The maximum Gasteiger partial charge on any atom is 0.407 e. The first-order valence-electron chi connectivity index (χ1n) is 10.3. The summed E-state index contributed by atoms with van der Waals surface area (Å²) in [4.78, 5) is 35.2. The van der Waals surface area contributed by atoms with Crippen LogP contribution in [0.3, 0.4) is 0 Å². The van der Waals surface area contributed by atoms with Gasteiger partial charge in [0.2, 0.25) is 0 Å². The highest BCUT2D eigenvalue weighted by molar-refractivity contribution is 5.87. The number of rotatable bonds is 12. The molecule has 0 aliphatic rings. The third-order valence-electron chi connectivity index (χ3n) is 4.17. The van der Waals surface area contributed by atoms with Crippen LogP contribution < -0.4 is 20.2 Å². The van der Waals surface area contributed by atoms with E-state index in [0.29, 0.717) is 17.9 Å². The Balaban J connectivity index is 2.07. The lowest BCUT2D eigenvalue weighted by atomic mass is 10.1. The van der Waals surface area contributed by atoms with E-state index in [1.165, 1.54) is 6.21 Å². The molecule has 2 aromatic rings. The number of hydrogen-bond donors (Lipinski definition) is 3. The van der Waals surface area contributed by atoms with Gasteiger partial charge in [0.1, 0.15) is 6.04 Å². The van der Waals surface area contributed by atoms with Crippen molar-refractivity contribution in [3.8, 4) is 11.5 Å². The van der Waals surface area contributed by atoms with E-state index in [1.54, 1.807) is 32.0 Å². The predicted octanol–water partition coefficient (Wildman–Crippen LogP) is 2.36. The highest BCUT2D eigenvalue weighted by atomic mass is 16.5. The second-order valence-electron chi connectivity index (χ2n) is 6.66. The first-order chi connectivity index (χ1) is 15.9. The molecule has 2 amide bonds. The van der Waals surface area contributed by atoms with Crippen molar-refractivity contribution in [3.05, 3.63) is 59.7 Å². The summed E-state index contributed by atoms with van der Waals surface area (Å²) in [7, 11) is 0. The van der Waals surface area contributed by atoms with Crippen LogP contribution in [0.25, 0.3) is 0 Å². The number of benzene rings is 2. The summed E-state index contributed by atoms with van der Waals surface area (Å²) in [5, 5.41) is 15.3. The van der Waals surface area contributed by atoms with Crippen molar-refractivity contribution < 1.29 is 33.7 Å². The number of amides is 2. The summed E-state index contributed by atoms with van der Waals surface area (Å²) >= 11 is 0. The molecular formula is C23H27N3O7. The molecule has 0 saturated heterocycles. The van der Waals surface area contributed by atoms with E-state index >= 15 is 0 Å². The second-order valence-corrected chi connectivity index (χ2v) is 6.66. The molecule has 0 heterocycles. The van der Waals surface area contributed by atoms with Gasteiger partial charge in [0.25, 0.3) is 5.91 Å². The lowest BCUT2D eigenvalue weighted by molar-refractivity contribution is -0.139. The molecule has 10 heteroatoms. The summed E-state index contributed by atoms with van der Waals surface area (Å²) in [5.74, 6) is -0.996. The van der Waals surface area contributed by atoms with Crippen molar-refractivity contribution in [2.75, 3.05) is 19.8 Å². The van der Waals surface area contributed by atoms with E-state index < -0.39 is 30.6 Å². The van der Waals surface area contributed by atoms with Crippen LogP contribution >= 0.6 is 0 Å². The lowest BCUT2D eigenvalue weighted by Crippen LogP contribution is -2.47. The van der Waals surface area contributed by atoms with E-state index in [0.717, 1.165) is 5.56 Å². The topological polar surface area (TPSA) is 136 Å². The fourth-order valence-electron chi connectivity index (χ4n) is 2.75. The van der Waals surface area contributed by atoms with Gasteiger partial charge in [-0.15, -0.1) is 0 Å². The van der Waals surface area contributed by atoms with Gasteiger partial charge in [-0.25, -0.2) is 15.0 Å². The second kappa shape index (κ2) is 13.4. The molecule has 1 atom stereocenters. The van der Waals surface area contributed by atoms with Crippen molar-refractivity contribution in [1.82, 2.24) is 10.7 Å². The van der Waals surface area contributed by atoms with E-state index in [9.17, 15) is 14.4 Å². The van der Waals surface area contributed by atoms with Crippen molar-refractivity contribution in [2.45, 2.75) is 26.3 Å². The molecule has 0 radical (unpaired) electrons. The Kier molecular flexibility index (Phi) is 10.2. The van der Waals surface area contributed by atoms with Crippen molar-refractivity contribution in [3.63, 3.8) is 0 Å². The lowest BCUT2D eigenvalue weighted by Gasteiger charge is -2.16. The van der Waals surface area contributed by atoms with Crippen molar-refractivity contribution in [1.29, 1.82) is 0 Å². The molecule has 0 spiro atoms. The van der Waals surface area contributed by atoms with E-state index in [2.05, 4.69) is 15.8 Å². The number of carboxylic acids is 1. The minimum atomic E-state index is -1.10. The minimum absolute atomic E-state index is 0.179. The van der Waals surface area contributed by atoms with Crippen LogP contribution in [0.5, 0.6) is 11.5 Å². The third kappa shape index (κ3) is 8.90. The molecular weight excluding hydrogens is 430 g/mol. The van der Waals surface area contributed by atoms with Crippen LogP contribution in [0, 0.1) is 0 Å².